The summed E-state index contributed by atoms with van der Waals surface area (Å²) in [6.45, 7) is 0. The van der Waals surface area contributed by atoms with Crippen molar-refractivity contribution < 1.29 is 4.79 Å². The van der Waals surface area contributed by atoms with E-state index in [1.54, 1.807) is 6.20 Å². The lowest BCUT2D eigenvalue weighted by molar-refractivity contribution is 0.102. The first-order valence-electron chi connectivity index (χ1n) is 4.11. The zero-order chi connectivity index (χ0) is 10.7. The average molecular weight is 205 g/mol. The summed E-state index contributed by atoms with van der Waals surface area (Å²) in [5.41, 5.74) is -0.240. The molecule has 0 saturated carbocycles. The van der Waals surface area contributed by atoms with Crippen LogP contribution in [-0.4, -0.2) is 25.8 Å². The zero-order valence-electron chi connectivity index (χ0n) is 7.52. The third-order valence-electron chi connectivity index (χ3n) is 1.63. The molecule has 0 saturated heterocycles. The Morgan fingerprint density at radius 2 is 2.20 bits per heavy atom. The summed E-state index contributed by atoms with van der Waals surface area (Å²) in [5, 5.41) is 2.47. The standard InChI is InChI=1S/C8H7N5O2/c14-6-4-11-5(3-12-6)7(15)13-8-9-1-2-10-8/h1-4H,(H,12,14)(H2,9,10,13,15). The number of rotatable bonds is 2. The van der Waals surface area contributed by atoms with Crippen molar-refractivity contribution in [2.75, 3.05) is 5.32 Å². The second kappa shape index (κ2) is 3.74. The van der Waals surface area contributed by atoms with Gasteiger partial charge in [-0.1, -0.05) is 0 Å². The van der Waals surface area contributed by atoms with Crippen LogP contribution in [0.15, 0.2) is 29.6 Å². The number of anilines is 1. The molecule has 0 bridgehead atoms. The van der Waals surface area contributed by atoms with E-state index in [1.807, 2.05) is 0 Å². The minimum atomic E-state index is -0.443. The molecular formula is C8H7N5O2. The van der Waals surface area contributed by atoms with Crippen LogP contribution in [-0.2, 0) is 0 Å². The normalized spacial score (nSPS) is 9.87. The molecule has 2 rings (SSSR count). The maximum Gasteiger partial charge on any atom is 0.278 e. The minimum Gasteiger partial charge on any atom is -0.331 e. The van der Waals surface area contributed by atoms with Crippen molar-refractivity contribution in [3.8, 4) is 0 Å². The Morgan fingerprint density at radius 3 is 2.80 bits per heavy atom. The van der Waals surface area contributed by atoms with Crippen LogP contribution in [0.25, 0.3) is 0 Å². The van der Waals surface area contributed by atoms with Gasteiger partial charge in [0.25, 0.3) is 11.5 Å². The first kappa shape index (κ1) is 9.13. The summed E-state index contributed by atoms with van der Waals surface area (Å²) in [4.78, 5) is 34.7. The molecule has 76 valence electrons. The van der Waals surface area contributed by atoms with E-state index in [9.17, 15) is 9.59 Å². The number of H-pyrrole nitrogens is 2. The Labute approximate surface area is 83.6 Å². The number of amides is 1. The average Bonchev–Trinajstić information content (AvgIpc) is 2.71. The summed E-state index contributed by atoms with van der Waals surface area (Å²) in [7, 11) is 0. The van der Waals surface area contributed by atoms with Crippen LogP contribution in [0.2, 0.25) is 0 Å². The molecule has 3 N–H and O–H groups in total. The van der Waals surface area contributed by atoms with Crippen molar-refractivity contribution in [1.29, 1.82) is 0 Å². The van der Waals surface area contributed by atoms with Gasteiger partial charge < -0.3 is 9.97 Å². The second-order valence-electron chi connectivity index (χ2n) is 2.69. The van der Waals surface area contributed by atoms with Crippen molar-refractivity contribution in [3.05, 3.63) is 40.8 Å². The summed E-state index contributed by atoms with van der Waals surface area (Å²) in [6.07, 6.45) is 5.36. The summed E-state index contributed by atoms with van der Waals surface area (Å²) >= 11 is 0. The maximum atomic E-state index is 11.5. The number of aromatic nitrogens is 4. The molecule has 0 fully saturated rings. The van der Waals surface area contributed by atoms with E-state index >= 15 is 0 Å². The van der Waals surface area contributed by atoms with Crippen LogP contribution >= 0.6 is 0 Å². The van der Waals surface area contributed by atoms with Crippen molar-refractivity contribution in [1.82, 2.24) is 19.9 Å². The topological polar surface area (TPSA) is 104 Å². The number of nitrogens with zero attached hydrogens (tertiary/aromatic N) is 2. The summed E-state index contributed by atoms with van der Waals surface area (Å²) < 4.78 is 0. The number of carbonyl (C=O) groups is 1. The van der Waals surface area contributed by atoms with E-state index in [0.717, 1.165) is 6.20 Å². The zero-order valence-corrected chi connectivity index (χ0v) is 7.52. The lowest BCUT2D eigenvalue weighted by atomic mass is 10.4. The molecule has 0 aliphatic heterocycles. The molecule has 2 aromatic rings. The molecule has 0 atom stereocenters. The second-order valence-corrected chi connectivity index (χ2v) is 2.69. The van der Waals surface area contributed by atoms with Crippen molar-refractivity contribution in [2.24, 2.45) is 0 Å². The van der Waals surface area contributed by atoms with Gasteiger partial charge in [0.05, 0.1) is 6.20 Å². The van der Waals surface area contributed by atoms with Crippen LogP contribution < -0.4 is 10.9 Å². The van der Waals surface area contributed by atoms with Crippen molar-refractivity contribution in [3.63, 3.8) is 0 Å². The molecule has 1 amide bonds. The van der Waals surface area contributed by atoms with E-state index in [2.05, 4.69) is 25.3 Å². The first-order chi connectivity index (χ1) is 7.25. The lowest BCUT2D eigenvalue weighted by Gasteiger charge is -1.99. The quantitative estimate of drug-likeness (QED) is 0.628. The van der Waals surface area contributed by atoms with Crippen LogP contribution in [0.5, 0.6) is 0 Å². The molecule has 0 aliphatic carbocycles. The Balaban J connectivity index is 2.15. The fourth-order valence-electron chi connectivity index (χ4n) is 0.972. The molecule has 0 aromatic carbocycles. The van der Waals surface area contributed by atoms with Crippen LogP contribution in [0.4, 0.5) is 5.95 Å². The molecule has 7 heteroatoms. The third kappa shape index (κ3) is 2.08. The highest BCUT2D eigenvalue weighted by Crippen LogP contribution is 1.98. The van der Waals surface area contributed by atoms with E-state index in [0.29, 0.717) is 5.95 Å². The number of carbonyl (C=O) groups excluding carboxylic acids is 1. The maximum absolute atomic E-state index is 11.5. The Kier molecular flexibility index (Phi) is 2.28. The lowest BCUT2D eigenvalue weighted by Crippen LogP contribution is -2.17. The summed E-state index contributed by atoms with van der Waals surface area (Å²) in [6, 6.07) is 0. The van der Waals surface area contributed by atoms with E-state index < -0.39 is 5.91 Å². The number of aromatic amines is 2. The molecule has 2 aromatic heterocycles. The van der Waals surface area contributed by atoms with Gasteiger partial charge in [0.15, 0.2) is 0 Å². The highest BCUT2D eigenvalue weighted by atomic mass is 16.2. The molecule has 0 radical (unpaired) electrons. The number of hydrogen-bond acceptors (Lipinski definition) is 4. The Hall–Kier alpha value is -2.44. The largest absolute Gasteiger partial charge is 0.331 e. The van der Waals surface area contributed by atoms with Gasteiger partial charge >= 0.3 is 0 Å². The van der Waals surface area contributed by atoms with Crippen LogP contribution in [0.3, 0.4) is 0 Å². The van der Waals surface area contributed by atoms with E-state index in [1.165, 1.54) is 12.4 Å². The molecule has 0 aliphatic rings. The molecule has 2 heterocycles. The van der Waals surface area contributed by atoms with Gasteiger partial charge in [0.1, 0.15) is 5.69 Å². The van der Waals surface area contributed by atoms with Gasteiger partial charge in [0, 0.05) is 18.6 Å². The van der Waals surface area contributed by atoms with Gasteiger partial charge in [-0.2, -0.15) is 0 Å². The van der Waals surface area contributed by atoms with Gasteiger partial charge in [-0.25, -0.2) is 9.97 Å². The Morgan fingerprint density at radius 1 is 1.33 bits per heavy atom. The molecule has 7 nitrogen and oxygen atoms in total. The van der Waals surface area contributed by atoms with E-state index in [-0.39, 0.29) is 11.3 Å². The fraction of sp³-hybridized carbons (Fsp3) is 0. The third-order valence-corrected chi connectivity index (χ3v) is 1.63. The molecule has 0 unspecified atom stereocenters. The van der Waals surface area contributed by atoms with Gasteiger partial charge in [-0.15, -0.1) is 0 Å². The Bertz CT molecular complexity index is 496. The molecule has 0 spiro atoms. The van der Waals surface area contributed by atoms with Crippen molar-refractivity contribution >= 4 is 11.9 Å². The predicted octanol–water partition coefficient (Wildman–Crippen LogP) is -0.255. The molecule has 15 heavy (non-hydrogen) atoms. The van der Waals surface area contributed by atoms with E-state index in [4.69, 9.17) is 0 Å². The van der Waals surface area contributed by atoms with Gasteiger partial charge in [-0.3, -0.25) is 14.9 Å². The number of hydrogen-bond donors (Lipinski definition) is 3. The predicted molar refractivity (Wildman–Crippen MR) is 51.4 cm³/mol. The highest BCUT2D eigenvalue weighted by molar-refractivity contribution is 6.01. The van der Waals surface area contributed by atoms with Gasteiger partial charge in [0.2, 0.25) is 5.95 Å². The minimum absolute atomic E-state index is 0.117. The fourth-order valence-corrected chi connectivity index (χ4v) is 0.972. The number of nitrogens with one attached hydrogen (secondary N) is 3. The number of imidazole rings is 1. The SMILES string of the molecule is O=C(Nc1ncc[nH]1)c1c[nH]c(=O)cn1. The summed E-state index contributed by atoms with van der Waals surface area (Å²) in [5.74, 6) is -0.116. The van der Waals surface area contributed by atoms with Crippen molar-refractivity contribution in [2.45, 2.75) is 0 Å². The van der Waals surface area contributed by atoms with Crippen LogP contribution in [0.1, 0.15) is 10.5 Å². The molecular weight excluding hydrogens is 198 g/mol. The van der Waals surface area contributed by atoms with Gasteiger partial charge in [-0.05, 0) is 0 Å². The monoisotopic (exact) mass is 205 g/mol. The highest BCUT2D eigenvalue weighted by Gasteiger charge is 2.07. The van der Waals surface area contributed by atoms with Crippen LogP contribution in [0, 0.1) is 0 Å². The smallest absolute Gasteiger partial charge is 0.278 e. The first-order valence-corrected chi connectivity index (χ1v) is 4.11.